The van der Waals surface area contributed by atoms with Crippen LogP contribution >= 0.6 is 11.3 Å². The molecule has 27 heavy (non-hydrogen) atoms. The van der Waals surface area contributed by atoms with Gasteiger partial charge in [-0.05, 0) is 38.8 Å². The van der Waals surface area contributed by atoms with Gasteiger partial charge in [-0.15, -0.1) is 11.3 Å². The third-order valence-electron chi connectivity index (χ3n) is 3.64. The van der Waals surface area contributed by atoms with Crippen molar-refractivity contribution in [3.63, 3.8) is 0 Å². The molecule has 2 N–H and O–H groups in total. The largest absolute Gasteiger partial charge is 0.475 e. The van der Waals surface area contributed by atoms with E-state index >= 15 is 0 Å². The van der Waals surface area contributed by atoms with Crippen molar-refractivity contribution >= 4 is 29.2 Å². The molecule has 2 rings (SSSR count). The van der Waals surface area contributed by atoms with Gasteiger partial charge in [0, 0.05) is 6.42 Å². The number of hydrogen-bond acceptors (Lipinski definition) is 6. The summed E-state index contributed by atoms with van der Waals surface area (Å²) in [6.07, 6.45) is -1.08. The molecule has 0 aliphatic heterocycles. The average Bonchev–Trinajstić information content (AvgIpc) is 2.98. The Balaban J connectivity index is 2.24. The molecule has 0 unspecified atom stereocenters. The molecule has 0 aliphatic carbocycles. The Bertz CT molecular complexity index is 837. The second kappa shape index (κ2) is 8.30. The summed E-state index contributed by atoms with van der Waals surface area (Å²) in [5.41, 5.74) is 3.54. The quantitative estimate of drug-likeness (QED) is 0.728. The number of amides is 1. The molecule has 8 heteroatoms. The van der Waals surface area contributed by atoms with Crippen LogP contribution in [0.25, 0.3) is 10.4 Å². The third kappa shape index (κ3) is 5.89. The smallest absolute Gasteiger partial charge is 0.408 e. The molecule has 0 aliphatic rings. The Hall–Kier alpha value is -2.74. The molecule has 0 bridgehead atoms. The Morgan fingerprint density at radius 2 is 1.85 bits per heavy atom. The van der Waals surface area contributed by atoms with E-state index < -0.39 is 29.5 Å². The highest BCUT2D eigenvalue weighted by atomic mass is 32.1. The number of nitrogens with one attached hydrogen (secondary N) is 1. The average molecular weight is 390 g/mol. The van der Waals surface area contributed by atoms with Crippen molar-refractivity contribution in [1.82, 2.24) is 10.3 Å². The second-order valence-electron chi connectivity index (χ2n) is 7.02. The Labute approximate surface area is 161 Å². The van der Waals surface area contributed by atoms with Crippen LogP contribution in [0, 0.1) is 6.92 Å². The first-order valence-electron chi connectivity index (χ1n) is 8.33. The molecule has 1 amide bonds. The van der Waals surface area contributed by atoms with Crippen molar-refractivity contribution in [2.75, 3.05) is 0 Å². The fraction of sp³-hybridized carbons (Fsp3) is 0.368. The lowest BCUT2D eigenvalue weighted by Crippen LogP contribution is -2.36. The standard InChI is InChI=1S/C19H22N2O5S/c1-11-16(27-10-20-11)13-7-5-12(6-8-13)14(9-15(22)17(23)24)21-18(25)26-19(2,3)4/h5-8,10,14H,9H2,1-4H3,(H,21,25)(H,23,24)/t14-/m0/s1. The molecule has 7 nitrogen and oxygen atoms in total. The van der Waals surface area contributed by atoms with Gasteiger partial charge in [-0.1, -0.05) is 24.3 Å². The zero-order valence-electron chi connectivity index (χ0n) is 15.6. The topological polar surface area (TPSA) is 106 Å². The van der Waals surface area contributed by atoms with Crippen LogP contribution in [-0.2, 0) is 14.3 Å². The lowest BCUT2D eigenvalue weighted by atomic mass is 9.99. The van der Waals surface area contributed by atoms with Crippen LogP contribution in [0.1, 0.15) is 44.5 Å². The third-order valence-corrected chi connectivity index (χ3v) is 4.62. The fourth-order valence-corrected chi connectivity index (χ4v) is 3.23. The number of hydrogen-bond donors (Lipinski definition) is 2. The number of aryl methyl sites for hydroxylation is 1. The van der Waals surface area contributed by atoms with Crippen LogP contribution in [0.3, 0.4) is 0 Å². The number of ketones is 1. The predicted molar refractivity (Wildman–Crippen MR) is 102 cm³/mol. The SMILES string of the molecule is Cc1ncsc1-c1ccc([C@H](CC(=O)C(=O)O)NC(=O)OC(C)(C)C)cc1. The van der Waals surface area contributed by atoms with Gasteiger partial charge in [-0.25, -0.2) is 14.6 Å². The normalized spacial score (nSPS) is 12.3. The number of aliphatic carboxylic acids is 1. The molecule has 144 valence electrons. The van der Waals surface area contributed by atoms with Gasteiger partial charge in [0.1, 0.15) is 5.60 Å². The van der Waals surface area contributed by atoms with E-state index in [0.29, 0.717) is 5.56 Å². The van der Waals surface area contributed by atoms with Gasteiger partial charge in [0.25, 0.3) is 0 Å². The molecule has 1 heterocycles. The Morgan fingerprint density at radius 3 is 2.33 bits per heavy atom. The number of ether oxygens (including phenoxy) is 1. The number of carboxylic acids is 1. The van der Waals surface area contributed by atoms with E-state index in [1.165, 1.54) is 11.3 Å². The van der Waals surface area contributed by atoms with Crippen LogP contribution < -0.4 is 5.32 Å². The highest BCUT2D eigenvalue weighted by Gasteiger charge is 2.25. The minimum atomic E-state index is -1.54. The zero-order chi connectivity index (χ0) is 20.2. The molecule has 2 aromatic rings. The van der Waals surface area contributed by atoms with Crippen molar-refractivity contribution in [3.05, 3.63) is 41.0 Å². The minimum Gasteiger partial charge on any atom is -0.475 e. The zero-order valence-corrected chi connectivity index (χ0v) is 16.4. The number of rotatable bonds is 6. The summed E-state index contributed by atoms with van der Waals surface area (Å²) in [7, 11) is 0. The van der Waals surface area contributed by atoms with Crippen LogP contribution in [0.2, 0.25) is 0 Å². The Morgan fingerprint density at radius 1 is 1.22 bits per heavy atom. The Kier molecular flexibility index (Phi) is 6.32. The highest BCUT2D eigenvalue weighted by molar-refractivity contribution is 7.13. The maximum Gasteiger partial charge on any atom is 0.408 e. The van der Waals surface area contributed by atoms with E-state index in [1.807, 2.05) is 19.1 Å². The number of alkyl carbamates (subject to hydrolysis) is 1. The monoisotopic (exact) mass is 390 g/mol. The summed E-state index contributed by atoms with van der Waals surface area (Å²) >= 11 is 1.52. The molecule has 0 spiro atoms. The van der Waals surface area contributed by atoms with E-state index in [4.69, 9.17) is 9.84 Å². The van der Waals surface area contributed by atoms with Gasteiger partial charge in [-0.3, -0.25) is 4.79 Å². The van der Waals surface area contributed by atoms with Gasteiger partial charge in [0.2, 0.25) is 5.78 Å². The number of benzene rings is 1. The van der Waals surface area contributed by atoms with Crippen molar-refractivity contribution in [2.24, 2.45) is 0 Å². The lowest BCUT2D eigenvalue weighted by Gasteiger charge is -2.23. The van der Waals surface area contributed by atoms with E-state index in [2.05, 4.69) is 10.3 Å². The van der Waals surface area contributed by atoms with Gasteiger partial charge >= 0.3 is 12.1 Å². The molecule has 0 radical (unpaired) electrons. The molecule has 1 atom stereocenters. The van der Waals surface area contributed by atoms with Crippen LogP contribution in [0.5, 0.6) is 0 Å². The number of carbonyl (C=O) groups excluding carboxylic acids is 2. The molecular weight excluding hydrogens is 368 g/mol. The van der Waals surface area contributed by atoms with E-state index in [0.717, 1.165) is 16.1 Å². The van der Waals surface area contributed by atoms with Gasteiger partial charge < -0.3 is 15.2 Å². The molecule has 0 fully saturated rings. The van der Waals surface area contributed by atoms with Crippen molar-refractivity contribution in [1.29, 1.82) is 0 Å². The fourth-order valence-electron chi connectivity index (χ4n) is 2.42. The van der Waals surface area contributed by atoms with Crippen molar-refractivity contribution in [3.8, 4) is 10.4 Å². The highest BCUT2D eigenvalue weighted by Crippen LogP contribution is 2.29. The second-order valence-corrected chi connectivity index (χ2v) is 7.87. The summed E-state index contributed by atoms with van der Waals surface area (Å²) in [4.78, 5) is 40.0. The van der Waals surface area contributed by atoms with E-state index in [9.17, 15) is 14.4 Å². The maximum absolute atomic E-state index is 12.1. The number of thiazole rings is 1. The number of aromatic nitrogens is 1. The number of carbonyl (C=O) groups is 3. The molecule has 1 aromatic heterocycles. The van der Waals surface area contributed by atoms with E-state index in [1.54, 1.807) is 38.4 Å². The van der Waals surface area contributed by atoms with Crippen molar-refractivity contribution in [2.45, 2.75) is 45.8 Å². The molecule has 0 saturated heterocycles. The summed E-state index contributed by atoms with van der Waals surface area (Å²) in [6.45, 7) is 7.07. The molecular formula is C19H22N2O5S. The number of nitrogens with zero attached hydrogens (tertiary/aromatic N) is 1. The summed E-state index contributed by atoms with van der Waals surface area (Å²) < 4.78 is 5.21. The van der Waals surface area contributed by atoms with Gasteiger partial charge in [0.15, 0.2) is 0 Å². The van der Waals surface area contributed by atoms with Crippen LogP contribution in [0.15, 0.2) is 29.8 Å². The van der Waals surface area contributed by atoms with Crippen LogP contribution in [-0.4, -0.2) is 33.5 Å². The molecule has 1 aromatic carbocycles. The lowest BCUT2D eigenvalue weighted by molar-refractivity contribution is -0.149. The van der Waals surface area contributed by atoms with Crippen LogP contribution in [0.4, 0.5) is 4.79 Å². The maximum atomic E-state index is 12.1. The summed E-state index contributed by atoms with van der Waals surface area (Å²) in [5.74, 6) is -2.53. The first kappa shape index (κ1) is 20.6. The minimum absolute atomic E-state index is 0.368. The van der Waals surface area contributed by atoms with E-state index in [-0.39, 0.29) is 6.42 Å². The predicted octanol–water partition coefficient (Wildman–Crippen LogP) is 3.73. The summed E-state index contributed by atoms with van der Waals surface area (Å²) in [5, 5.41) is 11.5. The summed E-state index contributed by atoms with van der Waals surface area (Å²) in [6, 6.07) is 6.41. The number of carboxylic acid groups (broad SMARTS) is 1. The first-order valence-corrected chi connectivity index (χ1v) is 9.21. The van der Waals surface area contributed by atoms with Gasteiger partial charge in [0.05, 0.1) is 22.1 Å². The molecule has 0 saturated carbocycles. The van der Waals surface area contributed by atoms with Gasteiger partial charge in [-0.2, -0.15) is 0 Å². The number of Topliss-reactive ketones (excluding diaryl/α,β-unsaturated/α-hetero) is 1. The van der Waals surface area contributed by atoms with Crippen molar-refractivity contribution < 1.29 is 24.2 Å². The first-order chi connectivity index (χ1) is 12.6.